The molecule has 5 heteroatoms. The molecule has 0 saturated carbocycles. The minimum atomic E-state index is 0.642. The van der Waals surface area contributed by atoms with E-state index >= 15 is 0 Å². The summed E-state index contributed by atoms with van der Waals surface area (Å²) in [5.74, 6) is 1.57. The molecule has 0 radical (unpaired) electrons. The zero-order valence-electron chi connectivity index (χ0n) is 15.4. The fourth-order valence-electron chi connectivity index (χ4n) is 3.57. The molecule has 0 bridgehead atoms. The Bertz CT molecular complexity index is 1040. The van der Waals surface area contributed by atoms with Crippen molar-refractivity contribution < 1.29 is 0 Å². The molecule has 5 rings (SSSR count). The zero-order chi connectivity index (χ0) is 18.8. The molecule has 136 valence electrons. The first kappa shape index (κ1) is 16.6. The Kier molecular flexibility index (Phi) is 4.26. The van der Waals surface area contributed by atoms with Crippen LogP contribution in [0.5, 0.6) is 0 Å². The fraction of sp³-hybridized carbons (Fsp3) is 0.130. The number of hydrogen-bond acceptors (Lipinski definition) is 5. The Labute approximate surface area is 163 Å². The highest BCUT2D eigenvalue weighted by Gasteiger charge is 2.19. The lowest BCUT2D eigenvalue weighted by atomic mass is 10.00. The van der Waals surface area contributed by atoms with Gasteiger partial charge >= 0.3 is 0 Å². The van der Waals surface area contributed by atoms with Crippen LogP contribution in [-0.4, -0.2) is 26.5 Å². The SMILES string of the molecule is c1ccc(-c2nc(-c3ccncc3)cc(N3CCc4ccccc4C3)n2)nc1. The minimum absolute atomic E-state index is 0.642. The van der Waals surface area contributed by atoms with Gasteiger partial charge in [0.1, 0.15) is 11.5 Å². The van der Waals surface area contributed by atoms with Gasteiger partial charge in [-0.05, 0) is 41.8 Å². The van der Waals surface area contributed by atoms with E-state index < -0.39 is 0 Å². The van der Waals surface area contributed by atoms with E-state index in [0.29, 0.717) is 5.82 Å². The number of anilines is 1. The van der Waals surface area contributed by atoms with Crippen molar-refractivity contribution in [3.05, 3.63) is 90.4 Å². The van der Waals surface area contributed by atoms with Gasteiger partial charge < -0.3 is 4.90 Å². The van der Waals surface area contributed by atoms with Crippen LogP contribution in [0.3, 0.4) is 0 Å². The molecule has 0 spiro atoms. The van der Waals surface area contributed by atoms with Crippen LogP contribution in [0, 0.1) is 0 Å². The maximum Gasteiger partial charge on any atom is 0.180 e. The van der Waals surface area contributed by atoms with Crippen molar-refractivity contribution in [2.75, 3.05) is 11.4 Å². The van der Waals surface area contributed by atoms with Crippen molar-refractivity contribution >= 4 is 5.82 Å². The van der Waals surface area contributed by atoms with E-state index in [-0.39, 0.29) is 0 Å². The Morgan fingerprint density at radius 3 is 2.39 bits per heavy atom. The molecule has 0 saturated heterocycles. The summed E-state index contributed by atoms with van der Waals surface area (Å²) in [7, 11) is 0. The minimum Gasteiger partial charge on any atom is -0.352 e. The van der Waals surface area contributed by atoms with Crippen LogP contribution in [0.1, 0.15) is 11.1 Å². The van der Waals surface area contributed by atoms with Crippen molar-refractivity contribution in [3.8, 4) is 22.8 Å². The van der Waals surface area contributed by atoms with Crippen LogP contribution in [0.4, 0.5) is 5.82 Å². The van der Waals surface area contributed by atoms with Crippen molar-refractivity contribution in [2.24, 2.45) is 0 Å². The molecule has 0 aliphatic carbocycles. The first-order valence-electron chi connectivity index (χ1n) is 9.39. The molecule has 0 N–H and O–H groups in total. The van der Waals surface area contributed by atoms with Crippen LogP contribution in [0.15, 0.2) is 79.3 Å². The third kappa shape index (κ3) is 3.22. The monoisotopic (exact) mass is 365 g/mol. The number of pyridine rings is 2. The maximum atomic E-state index is 4.86. The first-order valence-corrected chi connectivity index (χ1v) is 9.39. The van der Waals surface area contributed by atoms with Gasteiger partial charge in [-0.3, -0.25) is 9.97 Å². The topological polar surface area (TPSA) is 54.8 Å². The van der Waals surface area contributed by atoms with Gasteiger partial charge in [-0.25, -0.2) is 9.97 Å². The molecule has 1 aliphatic heterocycles. The van der Waals surface area contributed by atoms with Gasteiger partial charge in [0.2, 0.25) is 0 Å². The number of aromatic nitrogens is 4. The Morgan fingerprint density at radius 1 is 0.750 bits per heavy atom. The van der Waals surface area contributed by atoms with Crippen LogP contribution in [0.2, 0.25) is 0 Å². The van der Waals surface area contributed by atoms with E-state index in [1.807, 2.05) is 30.3 Å². The molecule has 1 aliphatic rings. The normalized spacial score (nSPS) is 13.2. The van der Waals surface area contributed by atoms with E-state index in [9.17, 15) is 0 Å². The first-order chi connectivity index (χ1) is 13.9. The predicted molar refractivity (Wildman–Crippen MR) is 110 cm³/mol. The van der Waals surface area contributed by atoms with Crippen LogP contribution >= 0.6 is 0 Å². The molecular formula is C23H19N5. The fourth-order valence-corrected chi connectivity index (χ4v) is 3.57. The molecular weight excluding hydrogens is 346 g/mol. The summed E-state index contributed by atoms with van der Waals surface area (Å²) in [6.07, 6.45) is 6.36. The number of rotatable bonds is 3. The molecule has 0 unspecified atom stereocenters. The summed E-state index contributed by atoms with van der Waals surface area (Å²) in [6, 6.07) is 20.4. The van der Waals surface area contributed by atoms with E-state index in [2.05, 4.69) is 45.2 Å². The van der Waals surface area contributed by atoms with Gasteiger partial charge in [-0.15, -0.1) is 0 Å². The van der Waals surface area contributed by atoms with Crippen LogP contribution < -0.4 is 4.90 Å². The quantitative estimate of drug-likeness (QED) is 0.546. The maximum absolute atomic E-state index is 4.86. The van der Waals surface area contributed by atoms with Gasteiger partial charge in [0, 0.05) is 43.3 Å². The van der Waals surface area contributed by atoms with Gasteiger partial charge in [0.05, 0.1) is 5.69 Å². The molecule has 0 fully saturated rings. The molecule has 4 aromatic rings. The highest BCUT2D eigenvalue weighted by molar-refractivity contribution is 5.66. The smallest absolute Gasteiger partial charge is 0.180 e. The van der Waals surface area contributed by atoms with Crippen molar-refractivity contribution in [1.29, 1.82) is 0 Å². The average Bonchev–Trinajstić information content (AvgIpc) is 2.79. The molecule has 0 amide bonds. The second-order valence-electron chi connectivity index (χ2n) is 6.83. The van der Waals surface area contributed by atoms with Gasteiger partial charge in [0.15, 0.2) is 5.82 Å². The summed E-state index contributed by atoms with van der Waals surface area (Å²) < 4.78 is 0. The highest BCUT2D eigenvalue weighted by Crippen LogP contribution is 2.28. The van der Waals surface area contributed by atoms with Gasteiger partial charge in [0.25, 0.3) is 0 Å². The third-order valence-electron chi connectivity index (χ3n) is 5.04. The number of benzene rings is 1. The average molecular weight is 365 g/mol. The lowest BCUT2D eigenvalue weighted by molar-refractivity contribution is 0.720. The van der Waals surface area contributed by atoms with E-state index in [0.717, 1.165) is 42.3 Å². The second-order valence-corrected chi connectivity index (χ2v) is 6.83. The molecule has 0 atom stereocenters. The summed E-state index contributed by atoms with van der Waals surface area (Å²) in [5.41, 5.74) is 5.46. The second kappa shape index (κ2) is 7.19. The Hall–Kier alpha value is -3.60. The van der Waals surface area contributed by atoms with E-state index in [1.54, 1.807) is 18.6 Å². The number of hydrogen-bond donors (Lipinski definition) is 0. The number of nitrogens with zero attached hydrogens (tertiary/aromatic N) is 5. The largest absolute Gasteiger partial charge is 0.352 e. The number of fused-ring (bicyclic) bond motifs is 1. The zero-order valence-corrected chi connectivity index (χ0v) is 15.4. The summed E-state index contributed by atoms with van der Waals surface area (Å²) in [5, 5.41) is 0. The molecule has 4 heterocycles. The Balaban J connectivity index is 1.59. The van der Waals surface area contributed by atoms with Gasteiger partial charge in [-0.1, -0.05) is 30.3 Å². The Morgan fingerprint density at radius 2 is 1.57 bits per heavy atom. The molecule has 5 nitrogen and oxygen atoms in total. The molecule has 1 aromatic carbocycles. The van der Waals surface area contributed by atoms with Crippen molar-refractivity contribution in [1.82, 2.24) is 19.9 Å². The summed E-state index contributed by atoms with van der Waals surface area (Å²) >= 11 is 0. The van der Waals surface area contributed by atoms with Crippen LogP contribution in [0.25, 0.3) is 22.8 Å². The van der Waals surface area contributed by atoms with E-state index in [1.165, 1.54) is 11.1 Å². The predicted octanol–water partition coefficient (Wildman–Crippen LogP) is 4.16. The van der Waals surface area contributed by atoms with Gasteiger partial charge in [-0.2, -0.15) is 0 Å². The van der Waals surface area contributed by atoms with Crippen LogP contribution in [-0.2, 0) is 13.0 Å². The van der Waals surface area contributed by atoms with Crippen molar-refractivity contribution in [2.45, 2.75) is 13.0 Å². The van der Waals surface area contributed by atoms with Crippen molar-refractivity contribution in [3.63, 3.8) is 0 Å². The van der Waals surface area contributed by atoms with E-state index in [4.69, 9.17) is 9.97 Å². The summed E-state index contributed by atoms with van der Waals surface area (Å²) in [6.45, 7) is 1.79. The lowest BCUT2D eigenvalue weighted by Crippen LogP contribution is -2.31. The lowest BCUT2D eigenvalue weighted by Gasteiger charge is -2.30. The molecule has 3 aromatic heterocycles. The third-order valence-corrected chi connectivity index (χ3v) is 5.04. The molecule has 28 heavy (non-hydrogen) atoms. The standard InChI is InChI=1S/C23H19N5/c1-2-6-19-16-28(14-10-17(19)5-1)22-15-21(18-8-12-24-13-9-18)26-23(27-22)20-7-3-4-11-25-20/h1-9,11-13,15H,10,14,16H2. The highest BCUT2D eigenvalue weighted by atomic mass is 15.2. The summed E-state index contributed by atoms with van der Waals surface area (Å²) in [4.78, 5) is 20.5.